The third kappa shape index (κ3) is 4.46. The van der Waals surface area contributed by atoms with E-state index in [1.54, 1.807) is 24.3 Å². The summed E-state index contributed by atoms with van der Waals surface area (Å²) in [6, 6.07) is 6.82. The zero-order valence-corrected chi connectivity index (χ0v) is 7.78. The molecule has 0 heterocycles. The third-order valence-corrected chi connectivity index (χ3v) is 1.74. The Morgan fingerprint density at radius 3 is 2.47 bits per heavy atom. The molecule has 76 valence electrons. The Bertz CT molecular complexity index is 365. The Morgan fingerprint density at radius 1 is 1.33 bits per heavy atom. The van der Waals surface area contributed by atoms with Crippen LogP contribution in [0.4, 0.5) is 5.69 Å². The van der Waals surface area contributed by atoms with Crippen molar-refractivity contribution in [2.45, 2.75) is 6.92 Å². The van der Waals surface area contributed by atoms with E-state index in [0.717, 1.165) is 0 Å². The molecular formula is C10H12NNaO3. The number of nitrogens with one attached hydrogen (secondary N) is 1. The summed E-state index contributed by atoms with van der Waals surface area (Å²) in [7, 11) is 0. The summed E-state index contributed by atoms with van der Waals surface area (Å²) < 4.78 is 0. The number of carboxylic acids is 1. The van der Waals surface area contributed by atoms with Crippen molar-refractivity contribution in [3.8, 4) is 0 Å². The fraction of sp³-hybridized carbons (Fsp3) is 0.200. The van der Waals surface area contributed by atoms with E-state index in [1.165, 1.54) is 6.92 Å². The van der Waals surface area contributed by atoms with E-state index in [1.807, 2.05) is 0 Å². The molecule has 0 atom stereocenters. The molecule has 0 amide bonds. The van der Waals surface area contributed by atoms with Gasteiger partial charge >= 0.3 is 35.5 Å². The second kappa shape index (κ2) is 6.61. The van der Waals surface area contributed by atoms with Crippen molar-refractivity contribution in [3.05, 3.63) is 29.8 Å². The molecule has 0 fully saturated rings. The zero-order valence-electron chi connectivity index (χ0n) is 7.78. The van der Waals surface area contributed by atoms with Gasteiger partial charge in [0, 0.05) is 11.3 Å². The van der Waals surface area contributed by atoms with E-state index < -0.39 is 5.97 Å². The van der Waals surface area contributed by atoms with Crippen LogP contribution in [0.5, 0.6) is 0 Å². The van der Waals surface area contributed by atoms with Gasteiger partial charge in [-0.2, -0.15) is 0 Å². The SMILES string of the molecule is CC(=O)c1ccccc1NCC(=O)O.[NaH]. The number of aliphatic carboxylic acids is 1. The summed E-state index contributed by atoms with van der Waals surface area (Å²) in [5.41, 5.74) is 1.07. The van der Waals surface area contributed by atoms with Gasteiger partial charge in [0.05, 0.1) is 0 Å². The molecule has 0 aliphatic carbocycles. The number of rotatable bonds is 4. The molecule has 0 unspecified atom stereocenters. The molecule has 0 spiro atoms. The molecule has 0 saturated carbocycles. The van der Waals surface area contributed by atoms with Crippen LogP contribution in [0, 0.1) is 0 Å². The molecule has 1 rings (SSSR count). The fourth-order valence-corrected chi connectivity index (χ4v) is 1.12. The van der Waals surface area contributed by atoms with Gasteiger partial charge in [-0.3, -0.25) is 9.59 Å². The van der Waals surface area contributed by atoms with Gasteiger partial charge in [-0.25, -0.2) is 0 Å². The van der Waals surface area contributed by atoms with E-state index >= 15 is 0 Å². The molecule has 0 radical (unpaired) electrons. The van der Waals surface area contributed by atoms with Crippen LogP contribution in [0.15, 0.2) is 24.3 Å². The van der Waals surface area contributed by atoms with Gasteiger partial charge < -0.3 is 10.4 Å². The Hall–Kier alpha value is -0.840. The monoisotopic (exact) mass is 217 g/mol. The van der Waals surface area contributed by atoms with Crippen molar-refractivity contribution in [1.82, 2.24) is 0 Å². The number of carbonyl (C=O) groups excluding carboxylic acids is 1. The van der Waals surface area contributed by atoms with Crippen molar-refractivity contribution in [3.63, 3.8) is 0 Å². The Morgan fingerprint density at radius 2 is 1.93 bits per heavy atom. The first-order valence-electron chi connectivity index (χ1n) is 4.17. The van der Waals surface area contributed by atoms with Crippen molar-refractivity contribution < 1.29 is 14.7 Å². The van der Waals surface area contributed by atoms with Gasteiger partial charge in [0.1, 0.15) is 6.54 Å². The number of hydrogen-bond acceptors (Lipinski definition) is 3. The van der Waals surface area contributed by atoms with E-state index in [2.05, 4.69) is 5.32 Å². The summed E-state index contributed by atoms with van der Waals surface area (Å²) in [6.07, 6.45) is 0. The summed E-state index contributed by atoms with van der Waals surface area (Å²) >= 11 is 0. The standard InChI is InChI=1S/C10H11NO3.Na.H/c1-7(12)8-4-2-3-5-9(8)11-6-10(13)14;;/h2-5,11H,6H2,1H3,(H,13,14);;. The Balaban J connectivity index is 0.00000196. The molecule has 0 aliphatic rings. The van der Waals surface area contributed by atoms with Crippen molar-refractivity contribution in [1.29, 1.82) is 0 Å². The number of Topliss-reactive ketones (excluding diaryl/α,β-unsaturated/α-hetero) is 1. The second-order valence-electron chi connectivity index (χ2n) is 2.85. The van der Waals surface area contributed by atoms with E-state index in [4.69, 9.17) is 5.11 Å². The van der Waals surface area contributed by atoms with Crippen LogP contribution in [-0.4, -0.2) is 53.0 Å². The maximum atomic E-state index is 11.1. The molecule has 0 saturated heterocycles. The first-order valence-corrected chi connectivity index (χ1v) is 4.17. The van der Waals surface area contributed by atoms with Crippen LogP contribution in [0.2, 0.25) is 0 Å². The molecule has 4 nitrogen and oxygen atoms in total. The molecular weight excluding hydrogens is 205 g/mol. The van der Waals surface area contributed by atoms with E-state index in [0.29, 0.717) is 11.3 Å². The minimum absolute atomic E-state index is 0. The zero-order chi connectivity index (χ0) is 10.6. The first kappa shape index (κ1) is 14.2. The van der Waals surface area contributed by atoms with Gasteiger partial charge in [0.15, 0.2) is 5.78 Å². The maximum absolute atomic E-state index is 11.1. The summed E-state index contributed by atoms with van der Waals surface area (Å²) in [5.74, 6) is -1.04. The van der Waals surface area contributed by atoms with Crippen LogP contribution in [0.3, 0.4) is 0 Å². The predicted octanol–water partition coefficient (Wildman–Crippen LogP) is 0.737. The molecule has 1 aromatic rings. The van der Waals surface area contributed by atoms with Gasteiger partial charge in [-0.05, 0) is 19.1 Å². The van der Waals surface area contributed by atoms with Crippen molar-refractivity contribution in [2.75, 3.05) is 11.9 Å². The van der Waals surface area contributed by atoms with Gasteiger partial charge in [-0.15, -0.1) is 0 Å². The normalized spacial score (nSPS) is 8.87. The molecule has 1 aromatic carbocycles. The average Bonchev–Trinajstić information content (AvgIpc) is 2.15. The summed E-state index contributed by atoms with van der Waals surface area (Å²) in [6.45, 7) is 1.26. The van der Waals surface area contributed by atoms with E-state index in [-0.39, 0.29) is 41.9 Å². The first-order chi connectivity index (χ1) is 6.61. The number of carbonyl (C=O) groups is 2. The van der Waals surface area contributed by atoms with Crippen LogP contribution in [0.25, 0.3) is 0 Å². The average molecular weight is 217 g/mol. The van der Waals surface area contributed by atoms with Gasteiger partial charge in [-0.1, -0.05) is 12.1 Å². The number of hydrogen-bond donors (Lipinski definition) is 2. The molecule has 0 bridgehead atoms. The third-order valence-electron chi connectivity index (χ3n) is 1.74. The molecule has 2 N–H and O–H groups in total. The quantitative estimate of drug-likeness (QED) is 0.576. The summed E-state index contributed by atoms with van der Waals surface area (Å²) in [5, 5.41) is 11.1. The molecule has 0 aromatic heterocycles. The van der Waals surface area contributed by atoms with E-state index in [9.17, 15) is 9.59 Å². The van der Waals surface area contributed by atoms with Crippen molar-refractivity contribution >= 4 is 47.0 Å². The molecule has 15 heavy (non-hydrogen) atoms. The van der Waals surface area contributed by atoms with Crippen LogP contribution < -0.4 is 5.32 Å². The fourth-order valence-electron chi connectivity index (χ4n) is 1.12. The Kier molecular flexibility index (Phi) is 6.24. The molecule has 0 aliphatic heterocycles. The van der Waals surface area contributed by atoms with Gasteiger partial charge in [0.25, 0.3) is 0 Å². The molecule has 5 heteroatoms. The second-order valence-corrected chi connectivity index (χ2v) is 2.85. The number of benzene rings is 1. The predicted molar refractivity (Wildman–Crippen MR) is 59.7 cm³/mol. The number of anilines is 1. The number of para-hydroxylation sites is 1. The topological polar surface area (TPSA) is 66.4 Å². The van der Waals surface area contributed by atoms with Gasteiger partial charge in [0.2, 0.25) is 0 Å². The van der Waals surface area contributed by atoms with Crippen LogP contribution in [-0.2, 0) is 4.79 Å². The summed E-state index contributed by atoms with van der Waals surface area (Å²) in [4.78, 5) is 21.4. The Labute approximate surface area is 110 Å². The number of ketones is 1. The minimum atomic E-state index is -0.955. The van der Waals surface area contributed by atoms with Crippen LogP contribution in [0.1, 0.15) is 17.3 Å². The van der Waals surface area contributed by atoms with Crippen LogP contribution >= 0.6 is 0 Å². The van der Waals surface area contributed by atoms with Crippen molar-refractivity contribution in [2.24, 2.45) is 0 Å². The number of carboxylic acid groups (broad SMARTS) is 1.